The Morgan fingerprint density at radius 1 is 0.872 bits per heavy atom. The summed E-state index contributed by atoms with van der Waals surface area (Å²) >= 11 is 0. The van der Waals surface area contributed by atoms with Crippen molar-refractivity contribution < 1.29 is 24.2 Å². The molecular weight excluding hydrogens is 494 g/mol. The third-order valence-electron chi connectivity index (χ3n) is 6.23. The molecule has 0 spiro atoms. The molecule has 1 heterocycles. The van der Waals surface area contributed by atoms with Gasteiger partial charge in [0.15, 0.2) is 0 Å². The first kappa shape index (κ1) is 27.1. The molecule has 2 amide bonds. The number of nitrogens with one attached hydrogen (secondary N) is 1. The minimum atomic E-state index is -0.996. The van der Waals surface area contributed by atoms with E-state index in [2.05, 4.69) is 10.3 Å². The fourth-order valence-corrected chi connectivity index (χ4v) is 4.31. The number of aliphatic carboxylic acids is 1. The molecule has 1 aromatic heterocycles. The second-order valence-electron chi connectivity index (χ2n) is 8.82. The molecule has 0 aliphatic heterocycles. The van der Waals surface area contributed by atoms with Gasteiger partial charge in [0, 0.05) is 48.7 Å². The number of carbonyl (C=O) groups excluding carboxylic acids is 2. The quantitative estimate of drug-likeness (QED) is 0.292. The zero-order chi connectivity index (χ0) is 27.6. The Morgan fingerprint density at radius 3 is 2.23 bits per heavy atom. The molecule has 198 valence electrons. The predicted octanol–water partition coefficient (Wildman–Crippen LogP) is 4.80. The first-order chi connectivity index (χ1) is 19.0. The Hall–Kier alpha value is -4.98. The number of benzene rings is 3. The SMILES string of the molecule is COc1ccccc1CNC(=O)c1ccccc1-c1ccccc1C(=O)N(CCC(=O)O)Cc1cccnc1. The van der Waals surface area contributed by atoms with E-state index < -0.39 is 5.97 Å². The standard InChI is InChI=1S/C31H29N3O5/c1-39-28-15-7-2-10-23(28)20-33-30(37)26-13-5-3-11-24(26)25-12-4-6-14-27(25)31(38)34(18-16-29(35)36)21-22-9-8-17-32-19-22/h2-15,17,19H,16,18,20-21H2,1H3,(H,33,37)(H,35,36). The van der Waals surface area contributed by atoms with Crippen LogP contribution in [0.2, 0.25) is 0 Å². The Balaban J connectivity index is 1.64. The van der Waals surface area contributed by atoms with E-state index in [1.807, 2.05) is 36.4 Å². The van der Waals surface area contributed by atoms with Gasteiger partial charge in [0.05, 0.1) is 13.5 Å². The number of ether oxygens (including phenoxy) is 1. The van der Waals surface area contributed by atoms with E-state index in [9.17, 15) is 19.5 Å². The average Bonchev–Trinajstić information content (AvgIpc) is 2.98. The molecule has 4 rings (SSSR count). The maximum atomic E-state index is 13.8. The zero-order valence-corrected chi connectivity index (χ0v) is 21.5. The topological polar surface area (TPSA) is 109 Å². The molecule has 2 N–H and O–H groups in total. The molecule has 0 aliphatic rings. The van der Waals surface area contributed by atoms with Crippen LogP contribution >= 0.6 is 0 Å². The second kappa shape index (κ2) is 13.0. The van der Waals surface area contributed by atoms with Crippen molar-refractivity contribution in [2.45, 2.75) is 19.5 Å². The van der Waals surface area contributed by atoms with E-state index in [1.54, 1.807) is 68.0 Å². The predicted molar refractivity (Wildman–Crippen MR) is 147 cm³/mol. The number of nitrogens with zero attached hydrogens (tertiary/aromatic N) is 2. The highest BCUT2D eigenvalue weighted by Crippen LogP contribution is 2.29. The highest BCUT2D eigenvalue weighted by Gasteiger charge is 2.23. The van der Waals surface area contributed by atoms with E-state index in [0.717, 1.165) is 11.1 Å². The lowest BCUT2D eigenvalue weighted by atomic mass is 9.94. The minimum absolute atomic E-state index is 0.0262. The normalized spacial score (nSPS) is 10.5. The summed E-state index contributed by atoms with van der Waals surface area (Å²) in [7, 11) is 1.58. The summed E-state index contributed by atoms with van der Waals surface area (Å²) in [5, 5.41) is 12.2. The number of pyridine rings is 1. The number of hydrogen-bond acceptors (Lipinski definition) is 5. The van der Waals surface area contributed by atoms with Gasteiger partial charge < -0.3 is 20.1 Å². The number of carboxylic acids is 1. The number of para-hydroxylation sites is 1. The van der Waals surface area contributed by atoms with Crippen LogP contribution in [0.4, 0.5) is 0 Å². The third-order valence-corrected chi connectivity index (χ3v) is 6.23. The zero-order valence-electron chi connectivity index (χ0n) is 21.5. The van der Waals surface area contributed by atoms with Crippen LogP contribution in [0.5, 0.6) is 5.75 Å². The molecule has 0 saturated heterocycles. The maximum absolute atomic E-state index is 13.8. The first-order valence-corrected chi connectivity index (χ1v) is 12.5. The molecule has 0 atom stereocenters. The lowest BCUT2D eigenvalue weighted by molar-refractivity contribution is -0.137. The van der Waals surface area contributed by atoms with Gasteiger partial charge in [-0.2, -0.15) is 0 Å². The van der Waals surface area contributed by atoms with Gasteiger partial charge in [0.2, 0.25) is 0 Å². The van der Waals surface area contributed by atoms with Crippen molar-refractivity contribution >= 4 is 17.8 Å². The summed E-state index contributed by atoms with van der Waals surface area (Å²) in [6.45, 7) is 0.500. The average molecular weight is 524 g/mol. The van der Waals surface area contributed by atoms with Gasteiger partial charge in [-0.15, -0.1) is 0 Å². The molecule has 0 saturated carbocycles. The van der Waals surface area contributed by atoms with Crippen LogP contribution in [0.3, 0.4) is 0 Å². The summed E-state index contributed by atoms with van der Waals surface area (Å²) in [5.41, 5.74) is 3.58. The van der Waals surface area contributed by atoms with Crippen LogP contribution in [0.25, 0.3) is 11.1 Å². The van der Waals surface area contributed by atoms with Crippen molar-refractivity contribution in [3.63, 3.8) is 0 Å². The molecule has 0 fully saturated rings. The Morgan fingerprint density at radius 2 is 1.54 bits per heavy atom. The van der Waals surface area contributed by atoms with Crippen LogP contribution in [0.15, 0.2) is 97.3 Å². The van der Waals surface area contributed by atoms with Gasteiger partial charge >= 0.3 is 5.97 Å². The second-order valence-corrected chi connectivity index (χ2v) is 8.82. The van der Waals surface area contributed by atoms with Gasteiger partial charge in [0.1, 0.15) is 5.75 Å². The molecular formula is C31H29N3O5. The molecule has 8 nitrogen and oxygen atoms in total. The molecule has 8 heteroatoms. The Kier molecular flexibility index (Phi) is 9.03. The first-order valence-electron chi connectivity index (χ1n) is 12.5. The van der Waals surface area contributed by atoms with E-state index in [4.69, 9.17) is 4.74 Å². The summed E-state index contributed by atoms with van der Waals surface area (Å²) in [6.07, 6.45) is 3.09. The fourth-order valence-electron chi connectivity index (χ4n) is 4.31. The number of hydrogen-bond donors (Lipinski definition) is 2. The van der Waals surface area contributed by atoms with Gasteiger partial charge in [0.25, 0.3) is 11.8 Å². The van der Waals surface area contributed by atoms with Gasteiger partial charge in [-0.25, -0.2) is 0 Å². The van der Waals surface area contributed by atoms with E-state index in [1.165, 1.54) is 4.90 Å². The highest BCUT2D eigenvalue weighted by molar-refractivity contribution is 6.06. The van der Waals surface area contributed by atoms with Crippen LogP contribution < -0.4 is 10.1 Å². The largest absolute Gasteiger partial charge is 0.496 e. The number of rotatable bonds is 11. The highest BCUT2D eigenvalue weighted by atomic mass is 16.5. The Bertz CT molecular complexity index is 1460. The number of carbonyl (C=O) groups is 3. The molecule has 0 unspecified atom stereocenters. The van der Waals surface area contributed by atoms with Crippen LogP contribution in [0, 0.1) is 0 Å². The third kappa shape index (κ3) is 6.87. The van der Waals surface area contributed by atoms with Crippen molar-refractivity contribution in [2.24, 2.45) is 0 Å². The minimum Gasteiger partial charge on any atom is -0.496 e. The lowest BCUT2D eigenvalue weighted by Gasteiger charge is -2.24. The van der Waals surface area contributed by atoms with Crippen molar-refractivity contribution in [1.29, 1.82) is 0 Å². The van der Waals surface area contributed by atoms with Crippen LogP contribution in [-0.2, 0) is 17.9 Å². The Labute approximate surface area is 226 Å². The molecule has 4 aromatic rings. The molecule has 3 aromatic carbocycles. The monoisotopic (exact) mass is 523 g/mol. The van der Waals surface area contributed by atoms with Crippen LogP contribution in [0.1, 0.15) is 38.3 Å². The number of amides is 2. The van der Waals surface area contributed by atoms with E-state index in [0.29, 0.717) is 28.0 Å². The molecule has 0 radical (unpaired) electrons. The molecule has 39 heavy (non-hydrogen) atoms. The van der Waals surface area contributed by atoms with Gasteiger partial charge in [-0.3, -0.25) is 19.4 Å². The maximum Gasteiger partial charge on any atom is 0.305 e. The summed E-state index contributed by atoms with van der Waals surface area (Å²) in [5.74, 6) is -0.946. The smallest absolute Gasteiger partial charge is 0.305 e. The van der Waals surface area contributed by atoms with Crippen molar-refractivity contribution in [1.82, 2.24) is 15.2 Å². The molecule has 0 aliphatic carbocycles. The lowest BCUT2D eigenvalue weighted by Crippen LogP contribution is -2.33. The summed E-state index contributed by atoms with van der Waals surface area (Å²) < 4.78 is 5.38. The number of carboxylic acid groups (broad SMARTS) is 1. The van der Waals surface area contributed by atoms with E-state index >= 15 is 0 Å². The van der Waals surface area contributed by atoms with Crippen molar-refractivity contribution in [3.8, 4) is 16.9 Å². The fraction of sp³-hybridized carbons (Fsp3) is 0.161. The number of methoxy groups -OCH3 is 1. The van der Waals surface area contributed by atoms with Gasteiger partial charge in [-0.05, 0) is 41.0 Å². The van der Waals surface area contributed by atoms with Gasteiger partial charge in [-0.1, -0.05) is 60.7 Å². The van der Waals surface area contributed by atoms with Crippen LogP contribution in [-0.4, -0.2) is 46.4 Å². The number of aromatic nitrogens is 1. The van der Waals surface area contributed by atoms with Crippen molar-refractivity contribution in [2.75, 3.05) is 13.7 Å². The van der Waals surface area contributed by atoms with E-state index in [-0.39, 0.29) is 37.9 Å². The summed E-state index contributed by atoms with van der Waals surface area (Å²) in [6, 6.07) is 25.2. The van der Waals surface area contributed by atoms with Crippen molar-refractivity contribution in [3.05, 3.63) is 120 Å². The summed E-state index contributed by atoms with van der Waals surface area (Å²) in [4.78, 5) is 44.1. The molecule has 0 bridgehead atoms.